The van der Waals surface area contributed by atoms with Crippen LogP contribution in [-0.2, 0) is 13.0 Å². The van der Waals surface area contributed by atoms with Gasteiger partial charge in [-0.2, -0.15) is 0 Å². The highest BCUT2D eigenvalue weighted by Crippen LogP contribution is 2.31. The molecule has 0 saturated carbocycles. The molecule has 26 heavy (non-hydrogen) atoms. The zero-order valence-corrected chi connectivity index (χ0v) is 15.3. The van der Waals surface area contributed by atoms with Crippen molar-refractivity contribution in [1.29, 1.82) is 0 Å². The zero-order valence-electron chi connectivity index (χ0n) is 14.5. The minimum atomic E-state index is -0.371. The molecule has 1 aromatic carbocycles. The smallest absolute Gasteiger partial charge is 0.272 e. The third-order valence-electron chi connectivity index (χ3n) is 4.71. The van der Waals surface area contributed by atoms with E-state index in [1.165, 1.54) is 0 Å². The minimum Gasteiger partial charge on any atom is -0.292 e. The van der Waals surface area contributed by atoms with Crippen LogP contribution < -0.4 is 5.56 Å². The first-order valence-electron chi connectivity index (χ1n) is 8.47. The number of nitro benzene ring substituents is 1. The summed E-state index contributed by atoms with van der Waals surface area (Å²) >= 11 is 1.55. The molecular weight excluding hydrogens is 350 g/mol. The second-order valence-corrected chi connectivity index (χ2v) is 7.52. The van der Waals surface area contributed by atoms with E-state index in [-0.39, 0.29) is 16.2 Å². The Balaban J connectivity index is 1.84. The highest BCUT2D eigenvalue weighted by molar-refractivity contribution is 7.18. The van der Waals surface area contributed by atoms with Gasteiger partial charge in [-0.25, -0.2) is 4.98 Å². The molecule has 7 heteroatoms. The highest BCUT2D eigenvalue weighted by Gasteiger charge is 2.22. The standard InChI is InChI=1S/C19H17N3O3S/c1-3-14-10-15-18(26-14)20-17-13(6-7-21(17)19(15)23)8-12-5-4-11(2)16(9-12)22(24)25/h4-5,8-10H,3,6-7H2,1-2H3/b13-8+. The van der Waals surface area contributed by atoms with Gasteiger partial charge in [0.25, 0.3) is 11.2 Å². The number of allylic oxidation sites excluding steroid dienone is 1. The maximum absolute atomic E-state index is 12.7. The summed E-state index contributed by atoms with van der Waals surface area (Å²) in [5.74, 6) is 0.676. The molecule has 1 aliphatic heterocycles. The van der Waals surface area contributed by atoms with Crippen molar-refractivity contribution in [3.05, 3.63) is 66.6 Å². The summed E-state index contributed by atoms with van der Waals surface area (Å²) in [6.45, 7) is 4.37. The predicted octanol–water partition coefficient (Wildman–Crippen LogP) is 4.18. The fourth-order valence-corrected chi connectivity index (χ4v) is 4.25. The van der Waals surface area contributed by atoms with Crippen LogP contribution in [0, 0.1) is 17.0 Å². The van der Waals surface area contributed by atoms with Gasteiger partial charge < -0.3 is 0 Å². The summed E-state index contributed by atoms with van der Waals surface area (Å²) in [4.78, 5) is 30.2. The molecule has 0 atom stereocenters. The Hall–Kier alpha value is -2.80. The van der Waals surface area contributed by atoms with Crippen molar-refractivity contribution in [2.75, 3.05) is 0 Å². The van der Waals surface area contributed by atoms with Gasteiger partial charge in [0, 0.05) is 23.1 Å². The van der Waals surface area contributed by atoms with Gasteiger partial charge >= 0.3 is 0 Å². The lowest BCUT2D eigenvalue weighted by atomic mass is 10.1. The quantitative estimate of drug-likeness (QED) is 0.514. The van der Waals surface area contributed by atoms with Crippen LogP contribution in [-0.4, -0.2) is 14.5 Å². The molecular formula is C19H17N3O3S. The van der Waals surface area contributed by atoms with Crippen LogP contribution >= 0.6 is 11.3 Å². The van der Waals surface area contributed by atoms with Crippen molar-refractivity contribution < 1.29 is 4.92 Å². The highest BCUT2D eigenvalue weighted by atomic mass is 32.1. The average molecular weight is 367 g/mol. The summed E-state index contributed by atoms with van der Waals surface area (Å²) in [6.07, 6.45) is 3.48. The first-order chi connectivity index (χ1) is 12.5. The lowest BCUT2D eigenvalue weighted by molar-refractivity contribution is -0.385. The predicted molar refractivity (Wildman–Crippen MR) is 104 cm³/mol. The van der Waals surface area contributed by atoms with E-state index >= 15 is 0 Å². The summed E-state index contributed by atoms with van der Waals surface area (Å²) in [7, 11) is 0. The summed E-state index contributed by atoms with van der Waals surface area (Å²) in [6, 6.07) is 7.11. The summed E-state index contributed by atoms with van der Waals surface area (Å²) in [5, 5.41) is 11.8. The van der Waals surface area contributed by atoms with Crippen molar-refractivity contribution in [2.24, 2.45) is 0 Å². The van der Waals surface area contributed by atoms with E-state index in [1.807, 2.05) is 18.2 Å². The molecule has 0 unspecified atom stereocenters. The SMILES string of the molecule is CCc1cc2c(=O)n3c(nc2s1)/C(=C/c1ccc(C)c([N+](=O)[O-])c1)CC3. The van der Waals surface area contributed by atoms with Crippen molar-refractivity contribution in [2.45, 2.75) is 33.2 Å². The van der Waals surface area contributed by atoms with E-state index in [2.05, 4.69) is 6.92 Å². The number of rotatable bonds is 3. The molecule has 0 saturated heterocycles. The molecule has 132 valence electrons. The molecule has 3 aromatic rings. The second-order valence-electron chi connectivity index (χ2n) is 6.40. The Kier molecular flexibility index (Phi) is 3.96. The van der Waals surface area contributed by atoms with Crippen molar-refractivity contribution in [1.82, 2.24) is 9.55 Å². The number of aromatic nitrogens is 2. The molecule has 2 aromatic heterocycles. The van der Waals surface area contributed by atoms with Gasteiger partial charge in [-0.1, -0.05) is 19.1 Å². The van der Waals surface area contributed by atoms with Gasteiger partial charge in [0.15, 0.2) is 0 Å². The van der Waals surface area contributed by atoms with Crippen LogP contribution in [0.25, 0.3) is 21.9 Å². The largest absolute Gasteiger partial charge is 0.292 e. The monoisotopic (exact) mass is 367 g/mol. The van der Waals surface area contributed by atoms with Gasteiger partial charge in [0.1, 0.15) is 10.7 Å². The molecule has 0 radical (unpaired) electrons. The van der Waals surface area contributed by atoms with Crippen molar-refractivity contribution in [3.8, 4) is 0 Å². The topological polar surface area (TPSA) is 78.0 Å². The molecule has 0 aliphatic carbocycles. The van der Waals surface area contributed by atoms with Crippen LogP contribution in [0.3, 0.4) is 0 Å². The number of nitrogens with zero attached hydrogens (tertiary/aromatic N) is 3. The molecule has 0 amide bonds. The molecule has 6 nitrogen and oxygen atoms in total. The van der Waals surface area contributed by atoms with Gasteiger partial charge in [0.2, 0.25) is 0 Å². The number of hydrogen-bond donors (Lipinski definition) is 0. The van der Waals surface area contributed by atoms with Crippen LogP contribution in [0.4, 0.5) is 5.69 Å². The van der Waals surface area contributed by atoms with E-state index < -0.39 is 0 Å². The maximum Gasteiger partial charge on any atom is 0.272 e. The molecule has 3 heterocycles. The zero-order chi connectivity index (χ0) is 18.4. The van der Waals surface area contributed by atoms with Crippen LogP contribution in [0.15, 0.2) is 29.1 Å². The average Bonchev–Trinajstić information content (AvgIpc) is 3.21. The van der Waals surface area contributed by atoms with Gasteiger partial charge in [-0.05, 0) is 43.0 Å². The number of benzene rings is 1. The van der Waals surface area contributed by atoms with E-state index in [4.69, 9.17) is 4.98 Å². The fourth-order valence-electron chi connectivity index (χ4n) is 3.29. The Morgan fingerprint density at radius 3 is 2.92 bits per heavy atom. The van der Waals surface area contributed by atoms with Gasteiger partial charge in [0.05, 0.1) is 10.3 Å². The van der Waals surface area contributed by atoms with Crippen LogP contribution in [0.1, 0.15) is 35.2 Å². The fraction of sp³-hybridized carbons (Fsp3) is 0.263. The Morgan fingerprint density at radius 1 is 1.38 bits per heavy atom. The molecule has 1 aliphatic rings. The normalized spacial score (nSPS) is 14.9. The number of hydrogen-bond acceptors (Lipinski definition) is 5. The Bertz CT molecular complexity index is 1140. The third-order valence-corrected chi connectivity index (χ3v) is 5.89. The lowest BCUT2D eigenvalue weighted by Gasteiger charge is -2.03. The first-order valence-corrected chi connectivity index (χ1v) is 9.29. The number of aryl methyl sites for hydroxylation is 2. The van der Waals surface area contributed by atoms with E-state index in [9.17, 15) is 14.9 Å². The van der Waals surface area contributed by atoms with Crippen LogP contribution in [0.5, 0.6) is 0 Å². The van der Waals surface area contributed by atoms with Crippen molar-refractivity contribution >= 4 is 38.9 Å². The minimum absolute atomic E-state index is 0.000707. The molecule has 0 bridgehead atoms. The number of fused-ring (bicyclic) bond motifs is 2. The third kappa shape index (κ3) is 2.64. The molecule has 0 fully saturated rings. The molecule has 0 spiro atoms. The van der Waals surface area contributed by atoms with E-state index in [1.54, 1.807) is 35.0 Å². The summed E-state index contributed by atoms with van der Waals surface area (Å²) in [5.41, 5.74) is 2.42. The van der Waals surface area contributed by atoms with Crippen LogP contribution in [0.2, 0.25) is 0 Å². The summed E-state index contributed by atoms with van der Waals surface area (Å²) < 4.78 is 1.71. The van der Waals surface area contributed by atoms with E-state index in [0.29, 0.717) is 29.7 Å². The Labute approximate surface area is 153 Å². The van der Waals surface area contributed by atoms with Gasteiger partial charge in [-0.15, -0.1) is 11.3 Å². The number of thiophene rings is 1. The molecule has 0 N–H and O–H groups in total. The molecule has 4 rings (SSSR count). The first kappa shape index (κ1) is 16.7. The van der Waals surface area contributed by atoms with E-state index in [0.717, 1.165) is 27.3 Å². The number of nitro groups is 1. The van der Waals surface area contributed by atoms with Gasteiger partial charge in [-0.3, -0.25) is 19.5 Å². The van der Waals surface area contributed by atoms with Crippen molar-refractivity contribution in [3.63, 3.8) is 0 Å². The second kappa shape index (κ2) is 6.17. The maximum atomic E-state index is 12.7. The Morgan fingerprint density at radius 2 is 2.19 bits per heavy atom. The lowest BCUT2D eigenvalue weighted by Crippen LogP contribution is -2.19.